The average Bonchev–Trinajstić information content (AvgIpc) is 2.38. The van der Waals surface area contributed by atoms with Crippen LogP contribution in [0.2, 0.25) is 0 Å². The quantitative estimate of drug-likeness (QED) is 0.574. The summed E-state index contributed by atoms with van der Waals surface area (Å²) in [5.74, 6) is 0. The van der Waals surface area contributed by atoms with Crippen LogP contribution in [0.5, 0.6) is 0 Å². The Hall–Kier alpha value is -1.29. The number of nitrogens with two attached hydrogens (primary N) is 1. The van der Waals surface area contributed by atoms with Crippen molar-refractivity contribution < 1.29 is 9.53 Å². The van der Waals surface area contributed by atoms with Crippen LogP contribution >= 0.6 is 0 Å². The molecular formula is C6H8N2O2. The zero-order chi connectivity index (χ0) is 7.40. The zero-order valence-electron chi connectivity index (χ0n) is 5.36. The van der Waals surface area contributed by atoms with Crippen molar-refractivity contribution in [3.05, 3.63) is 24.5 Å². The number of carbonyl (C=O) groups is 1. The molecule has 0 aromatic carbocycles. The number of hydrogen-bond donors (Lipinski definition) is 1. The van der Waals surface area contributed by atoms with E-state index >= 15 is 0 Å². The van der Waals surface area contributed by atoms with E-state index in [2.05, 4.69) is 4.74 Å². The number of aromatic nitrogens is 1. The van der Waals surface area contributed by atoms with Crippen molar-refractivity contribution in [2.75, 3.05) is 6.73 Å². The van der Waals surface area contributed by atoms with Gasteiger partial charge in [-0.05, 0) is 12.1 Å². The number of hydrogen-bond acceptors (Lipinski definition) is 3. The monoisotopic (exact) mass is 140 g/mol. The second-order valence-corrected chi connectivity index (χ2v) is 1.67. The fourth-order valence-corrected chi connectivity index (χ4v) is 0.602. The number of ether oxygens (including phenoxy) is 1. The first-order valence-electron chi connectivity index (χ1n) is 2.85. The van der Waals surface area contributed by atoms with E-state index in [0.717, 1.165) is 0 Å². The second kappa shape index (κ2) is 3.03. The van der Waals surface area contributed by atoms with Crippen LogP contribution in [-0.4, -0.2) is 17.4 Å². The topological polar surface area (TPSA) is 57.2 Å². The molecule has 10 heavy (non-hydrogen) atoms. The van der Waals surface area contributed by atoms with Gasteiger partial charge in [-0.15, -0.1) is 0 Å². The minimum Gasteiger partial charge on any atom is -0.433 e. The molecule has 0 spiro atoms. The van der Waals surface area contributed by atoms with E-state index < -0.39 is 6.09 Å². The molecule has 4 heteroatoms. The predicted molar refractivity (Wildman–Crippen MR) is 35.4 cm³/mol. The predicted octanol–water partition coefficient (Wildman–Crippen LogP) is 0.389. The van der Waals surface area contributed by atoms with Crippen LogP contribution in [0.4, 0.5) is 4.79 Å². The molecule has 54 valence electrons. The Morgan fingerprint density at radius 3 is 2.60 bits per heavy atom. The van der Waals surface area contributed by atoms with Crippen molar-refractivity contribution in [1.29, 1.82) is 0 Å². The van der Waals surface area contributed by atoms with Gasteiger partial charge >= 0.3 is 6.09 Å². The Labute approximate surface area is 58.2 Å². The lowest BCUT2D eigenvalue weighted by atomic mass is 10.7. The van der Waals surface area contributed by atoms with Gasteiger partial charge in [0.05, 0.1) is 0 Å². The van der Waals surface area contributed by atoms with Gasteiger partial charge in [-0.2, -0.15) is 0 Å². The van der Waals surface area contributed by atoms with Crippen molar-refractivity contribution in [3.63, 3.8) is 0 Å². The average molecular weight is 140 g/mol. The van der Waals surface area contributed by atoms with Crippen molar-refractivity contribution in [1.82, 2.24) is 4.57 Å². The molecule has 2 N–H and O–H groups in total. The zero-order valence-corrected chi connectivity index (χ0v) is 5.36. The minimum atomic E-state index is -0.451. The first-order valence-corrected chi connectivity index (χ1v) is 2.85. The molecule has 0 aliphatic carbocycles. The third kappa shape index (κ3) is 1.35. The van der Waals surface area contributed by atoms with Gasteiger partial charge in [-0.3, -0.25) is 10.3 Å². The molecule has 0 fully saturated rings. The summed E-state index contributed by atoms with van der Waals surface area (Å²) < 4.78 is 5.80. The van der Waals surface area contributed by atoms with Crippen LogP contribution in [0.25, 0.3) is 0 Å². The summed E-state index contributed by atoms with van der Waals surface area (Å²) in [6, 6.07) is 3.47. The maximum absolute atomic E-state index is 10.8. The van der Waals surface area contributed by atoms with Crippen LogP contribution in [0, 0.1) is 0 Å². The fourth-order valence-electron chi connectivity index (χ4n) is 0.602. The summed E-state index contributed by atoms with van der Waals surface area (Å²) in [6.45, 7) is -0.0863. The number of carbonyl (C=O) groups excluding carboxylic acids is 1. The van der Waals surface area contributed by atoms with Gasteiger partial charge in [-0.1, -0.05) is 0 Å². The van der Waals surface area contributed by atoms with E-state index in [1.807, 2.05) is 0 Å². The molecule has 1 aromatic heterocycles. The van der Waals surface area contributed by atoms with Crippen molar-refractivity contribution in [2.45, 2.75) is 0 Å². The third-order valence-electron chi connectivity index (χ3n) is 1.02. The highest BCUT2D eigenvalue weighted by Crippen LogP contribution is 1.90. The van der Waals surface area contributed by atoms with Crippen LogP contribution < -0.4 is 5.73 Å². The lowest BCUT2D eigenvalue weighted by molar-refractivity contribution is 0.151. The van der Waals surface area contributed by atoms with Gasteiger partial charge < -0.3 is 4.74 Å². The molecule has 0 aliphatic rings. The summed E-state index contributed by atoms with van der Waals surface area (Å²) in [4.78, 5) is 10.8. The lowest BCUT2D eigenvalue weighted by Crippen LogP contribution is -2.16. The summed E-state index contributed by atoms with van der Waals surface area (Å²) in [6.07, 6.45) is 2.74. The molecular weight excluding hydrogens is 132 g/mol. The van der Waals surface area contributed by atoms with Crippen LogP contribution in [0.15, 0.2) is 24.5 Å². The molecule has 0 aliphatic heterocycles. The van der Waals surface area contributed by atoms with E-state index in [9.17, 15) is 4.79 Å². The maximum atomic E-state index is 10.8. The molecule has 1 aromatic rings. The highest BCUT2D eigenvalue weighted by atomic mass is 16.6. The standard InChI is InChI=1S/C6H8N2O2/c7-5-10-6(9)8-3-1-2-4-8/h1-4H,5,7H2. The van der Waals surface area contributed by atoms with Gasteiger partial charge in [0, 0.05) is 12.4 Å². The highest BCUT2D eigenvalue weighted by molar-refractivity contribution is 5.70. The normalized spacial score (nSPS) is 9.30. The molecule has 0 radical (unpaired) electrons. The third-order valence-corrected chi connectivity index (χ3v) is 1.02. The molecule has 0 amide bonds. The Bertz CT molecular complexity index is 206. The van der Waals surface area contributed by atoms with E-state index in [1.54, 1.807) is 24.5 Å². The number of nitrogens with zero attached hydrogens (tertiary/aromatic N) is 1. The molecule has 1 heterocycles. The van der Waals surface area contributed by atoms with E-state index in [0.29, 0.717) is 0 Å². The van der Waals surface area contributed by atoms with Crippen molar-refractivity contribution in [3.8, 4) is 0 Å². The Morgan fingerprint density at radius 2 is 2.10 bits per heavy atom. The van der Waals surface area contributed by atoms with E-state index in [1.165, 1.54) is 4.57 Å². The minimum absolute atomic E-state index is 0.0863. The maximum Gasteiger partial charge on any atom is 0.419 e. The Morgan fingerprint density at radius 1 is 1.50 bits per heavy atom. The van der Waals surface area contributed by atoms with E-state index in [4.69, 9.17) is 5.73 Å². The van der Waals surface area contributed by atoms with Crippen molar-refractivity contribution in [2.24, 2.45) is 5.73 Å². The van der Waals surface area contributed by atoms with Crippen LogP contribution in [-0.2, 0) is 4.74 Å². The van der Waals surface area contributed by atoms with Crippen LogP contribution in [0.3, 0.4) is 0 Å². The molecule has 0 bridgehead atoms. The molecule has 0 atom stereocenters. The summed E-state index contributed by atoms with van der Waals surface area (Å²) in [5, 5.41) is 0. The van der Waals surface area contributed by atoms with Gasteiger partial charge in [-0.25, -0.2) is 4.79 Å². The number of rotatable bonds is 1. The second-order valence-electron chi connectivity index (χ2n) is 1.67. The lowest BCUT2D eigenvalue weighted by Gasteiger charge is -1.99. The fraction of sp³-hybridized carbons (Fsp3) is 0.167. The first-order chi connectivity index (χ1) is 4.84. The SMILES string of the molecule is NCOC(=O)n1cccc1. The largest absolute Gasteiger partial charge is 0.433 e. The molecule has 0 unspecified atom stereocenters. The van der Waals surface area contributed by atoms with Crippen LogP contribution in [0.1, 0.15) is 0 Å². The molecule has 4 nitrogen and oxygen atoms in total. The highest BCUT2D eigenvalue weighted by Gasteiger charge is 1.99. The summed E-state index contributed by atoms with van der Waals surface area (Å²) in [7, 11) is 0. The Kier molecular flexibility index (Phi) is 2.07. The first kappa shape index (κ1) is 6.82. The Balaban J connectivity index is 2.59. The van der Waals surface area contributed by atoms with Gasteiger partial charge in [0.1, 0.15) is 6.73 Å². The van der Waals surface area contributed by atoms with E-state index in [-0.39, 0.29) is 6.73 Å². The smallest absolute Gasteiger partial charge is 0.419 e. The van der Waals surface area contributed by atoms with Gasteiger partial charge in [0.2, 0.25) is 0 Å². The summed E-state index contributed by atoms with van der Waals surface area (Å²) in [5.41, 5.74) is 4.98. The molecule has 0 saturated heterocycles. The van der Waals surface area contributed by atoms with Gasteiger partial charge in [0.15, 0.2) is 0 Å². The van der Waals surface area contributed by atoms with Crippen molar-refractivity contribution >= 4 is 6.09 Å². The van der Waals surface area contributed by atoms with Gasteiger partial charge in [0.25, 0.3) is 0 Å². The molecule has 0 saturated carbocycles. The summed E-state index contributed by atoms with van der Waals surface area (Å²) >= 11 is 0. The molecule has 1 rings (SSSR count).